The molecule has 1 unspecified atom stereocenters. The van der Waals surface area contributed by atoms with E-state index in [-0.39, 0.29) is 24.4 Å². The minimum Gasteiger partial charge on any atom is -0.338 e. The maximum absolute atomic E-state index is 12.5. The van der Waals surface area contributed by atoms with Gasteiger partial charge in [0, 0.05) is 30.0 Å². The molecule has 2 N–H and O–H groups in total. The number of amides is 1. The standard InChI is InChI=1S/C18H19BrN2O.ClH/c19-16-8-4-7-14-12-21(10-9-15(14)16)18(22)11-17(20)13-5-2-1-3-6-13;/h1-8,17H,9-12,20H2;1H. The van der Waals surface area contributed by atoms with Crippen LogP contribution in [0.3, 0.4) is 0 Å². The van der Waals surface area contributed by atoms with E-state index in [2.05, 4.69) is 28.1 Å². The first-order chi connectivity index (χ1) is 10.6. The van der Waals surface area contributed by atoms with Gasteiger partial charge in [-0.25, -0.2) is 0 Å². The molecule has 3 nitrogen and oxygen atoms in total. The summed E-state index contributed by atoms with van der Waals surface area (Å²) in [6, 6.07) is 15.7. The molecule has 0 aliphatic carbocycles. The molecule has 0 saturated heterocycles. The monoisotopic (exact) mass is 394 g/mol. The molecule has 1 heterocycles. The number of carbonyl (C=O) groups is 1. The van der Waals surface area contributed by atoms with Crippen LogP contribution >= 0.6 is 28.3 Å². The highest BCUT2D eigenvalue weighted by atomic mass is 79.9. The molecule has 1 atom stereocenters. The van der Waals surface area contributed by atoms with E-state index in [4.69, 9.17) is 5.73 Å². The molecule has 0 bridgehead atoms. The number of nitrogens with zero attached hydrogens (tertiary/aromatic N) is 1. The minimum atomic E-state index is -0.238. The Kier molecular flexibility index (Phi) is 6.22. The van der Waals surface area contributed by atoms with Gasteiger partial charge < -0.3 is 10.6 Å². The first-order valence-corrected chi connectivity index (χ1v) is 8.29. The minimum absolute atomic E-state index is 0. The Morgan fingerprint density at radius 2 is 1.91 bits per heavy atom. The van der Waals surface area contributed by atoms with Crippen LogP contribution in [0.15, 0.2) is 53.0 Å². The van der Waals surface area contributed by atoms with Crippen molar-refractivity contribution in [3.05, 3.63) is 69.7 Å². The number of carbonyl (C=O) groups excluding carboxylic acids is 1. The predicted molar refractivity (Wildman–Crippen MR) is 98.5 cm³/mol. The van der Waals surface area contributed by atoms with Crippen LogP contribution in [0.5, 0.6) is 0 Å². The number of halogens is 2. The second kappa shape index (κ2) is 7.95. The normalized spacial score (nSPS) is 14.6. The summed E-state index contributed by atoms with van der Waals surface area (Å²) in [6.07, 6.45) is 1.25. The van der Waals surface area contributed by atoms with E-state index >= 15 is 0 Å². The summed E-state index contributed by atoms with van der Waals surface area (Å²) in [4.78, 5) is 14.4. The topological polar surface area (TPSA) is 46.3 Å². The van der Waals surface area contributed by atoms with Gasteiger partial charge in [0.25, 0.3) is 0 Å². The fourth-order valence-electron chi connectivity index (χ4n) is 2.91. The summed E-state index contributed by atoms with van der Waals surface area (Å²) in [5.41, 5.74) is 9.72. The van der Waals surface area contributed by atoms with Crippen LogP contribution in [0.25, 0.3) is 0 Å². The largest absolute Gasteiger partial charge is 0.338 e. The third kappa shape index (κ3) is 4.14. The zero-order chi connectivity index (χ0) is 15.5. The molecule has 122 valence electrons. The van der Waals surface area contributed by atoms with Crippen molar-refractivity contribution in [1.82, 2.24) is 4.90 Å². The Morgan fingerprint density at radius 1 is 1.17 bits per heavy atom. The van der Waals surface area contributed by atoms with Crippen molar-refractivity contribution >= 4 is 34.2 Å². The molecule has 0 aromatic heterocycles. The van der Waals surface area contributed by atoms with Gasteiger partial charge in [0.05, 0.1) is 0 Å². The van der Waals surface area contributed by atoms with E-state index in [0.29, 0.717) is 13.0 Å². The van der Waals surface area contributed by atoms with Gasteiger partial charge in [-0.15, -0.1) is 12.4 Å². The van der Waals surface area contributed by atoms with Crippen LogP contribution in [0.2, 0.25) is 0 Å². The van der Waals surface area contributed by atoms with Crippen molar-refractivity contribution in [2.75, 3.05) is 6.54 Å². The summed E-state index contributed by atoms with van der Waals surface area (Å²) in [6.45, 7) is 1.44. The second-order valence-electron chi connectivity index (χ2n) is 5.66. The molecule has 1 aliphatic rings. The molecule has 1 amide bonds. The van der Waals surface area contributed by atoms with Gasteiger partial charge in [-0.3, -0.25) is 4.79 Å². The zero-order valence-electron chi connectivity index (χ0n) is 12.7. The Morgan fingerprint density at radius 3 is 2.65 bits per heavy atom. The van der Waals surface area contributed by atoms with Crippen LogP contribution < -0.4 is 5.73 Å². The van der Waals surface area contributed by atoms with Gasteiger partial charge in [-0.05, 0) is 29.2 Å². The lowest BCUT2D eigenvalue weighted by atomic mass is 9.98. The quantitative estimate of drug-likeness (QED) is 0.858. The molecule has 5 heteroatoms. The molecule has 0 fully saturated rings. The Balaban J connectivity index is 0.00000192. The van der Waals surface area contributed by atoms with Crippen LogP contribution in [0.1, 0.15) is 29.2 Å². The van der Waals surface area contributed by atoms with Crippen molar-refractivity contribution in [1.29, 1.82) is 0 Å². The molecule has 0 saturated carbocycles. The average molecular weight is 396 g/mol. The Labute approximate surface area is 151 Å². The summed E-state index contributed by atoms with van der Waals surface area (Å²) in [5.74, 6) is 0.127. The zero-order valence-corrected chi connectivity index (χ0v) is 15.1. The molecule has 2 aromatic carbocycles. The average Bonchev–Trinajstić information content (AvgIpc) is 2.55. The highest BCUT2D eigenvalue weighted by molar-refractivity contribution is 9.10. The van der Waals surface area contributed by atoms with Crippen molar-refractivity contribution < 1.29 is 4.79 Å². The third-order valence-corrected chi connectivity index (χ3v) is 4.93. The summed E-state index contributed by atoms with van der Waals surface area (Å²) >= 11 is 3.59. The molecule has 23 heavy (non-hydrogen) atoms. The lowest BCUT2D eigenvalue weighted by molar-refractivity contribution is -0.132. The molecule has 1 aliphatic heterocycles. The summed E-state index contributed by atoms with van der Waals surface area (Å²) in [5, 5.41) is 0. The third-order valence-electron chi connectivity index (χ3n) is 4.18. The maximum atomic E-state index is 12.5. The number of fused-ring (bicyclic) bond motifs is 1. The fraction of sp³-hybridized carbons (Fsp3) is 0.278. The predicted octanol–water partition coefficient (Wildman–Crippen LogP) is 3.85. The van der Waals surface area contributed by atoms with Gasteiger partial charge >= 0.3 is 0 Å². The van der Waals surface area contributed by atoms with Gasteiger partial charge in [0.1, 0.15) is 0 Å². The first kappa shape index (κ1) is 18.0. The first-order valence-electron chi connectivity index (χ1n) is 7.49. The van der Waals surface area contributed by atoms with E-state index in [1.165, 1.54) is 11.1 Å². The number of hydrogen-bond donors (Lipinski definition) is 1. The highest BCUT2D eigenvalue weighted by Gasteiger charge is 2.23. The van der Waals surface area contributed by atoms with Gasteiger partial charge in [0.2, 0.25) is 5.91 Å². The van der Waals surface area contributed by atoms with Crippen molar-refractivity contribution in [3.63, 3.8) is 0 Å². The maximum Gasteiger partial charge on any atom is 0.224 e. The Hall–Kier alpha value is -1.36. The van der Waals surface area contributed by atoms with E-state index < -0.39 is 0 Å². The molecule has 2 aromatic rings. The van der Waals surface area contributed by atoms with Crippen LogP contribution in [-0.4, -0.2) is 17.4 Å². The van der Waals surface area contributed by atoms with Crippen molar-refractivity contribution in [3.8, 4) is 0 Å². The number of hydrogen-bond acceptors (Lipinski definition) is 2. The van der Waals surface area contributed by atoms with Crippen LogP contribution in [0.4, 0.5) is 0 Å². The molecule has 3 rings (SSSR count). The van der Waals surface area contributed by atoms with Crippen LogP contribution in [-0.2, 0) is 17.8 Å². The lowest BCUT2D eigenvalue weighted by Crippen LogP contribution is -2.37. The van der Waals surface area contributed by atoms with Gasteiger partial charge in [-0.2, -0.15) is 0 Å². The van der Waals surface area contributed by atoms with Crippen molar-refractivity contribution in [2.45, 2.75) is 25.4 Å². The van der Waals surface area contributed by atoms with Crippen molar-refractivity contribution in [2.24, 2.45) is 5.73 Å². The van der Waals surface area contributed by atoms with E-state index in [1.807, 2.05) is 41.3 Å². The number of benzene rings is 2. The number of nitrogens with two attached hydrogens (primary N) is 1. The SMILES string of the molecule is Cl.NC(CC(=O)N1CCc2c(Br)cccc2C1)c1ccccc1. The van der Waals surface area contributed by atoms with Gasteiger partial charge in [0.15, 0.2) is 0 Å². The summed E-state index contributed by atoms with van der Waals surface area (Å²) < 4.78 is 1.14. The van der Waals surface area contributed by atoms with Crippen LogP contribution in [0, 0.1) is 0 Å². The van der Waals surface area contributed by atoms with E-state index in [0.717, 1.165) is 23.0 Å². The second-order valence-corrected chi connectivity index (χ2v) is 6.52. The fourth-order valence-corrected chi connectivity index (χ4v) is 3.52. The highest BCUT2D eigenvalue weighted by Crippen LogP contribution is 2.27. The van der Waals surface area contributed by atoms with Gasteiger partial charge in [-0.1, -0.05) is 58.4 Å². The molecule has 0 radical (unpaired) electrons. The molecular weight excluding hydrogens is 376 g/mol. The molecule has 0 spiro atoms. The number of rotatable bonds is 3. The smallest absolute Gasteiger partial charge is 0.224 e. The Bertz CT molecular complexity index is 678. The summed E-state index contributed by atoms with van der Waals surface area (Å²) in [7, 11) is 0. The van der Waals surface area contributed by atoms with E-state index in [9.17, 15) is 4.79 Å². The van der Waals surface area contributed by atoms with E-state index in [1.54, 1.807) is 0 Å². The molecular formula is C18H20BrClN2O. The lowest BCUT2D eigenvalue weighted by Gasteiger charge is -2.30.